The normalized spacial score (nSPS) is 15.8. The van der Waals surface area contributed by atoms with E-state index in [0.29, 0.717) is 12.5 Å². The van der Waals surface area contributed by atoms with Crippen molar-refractivity contribution < 1.29 is 14.6 Å². The minimum absolute atomic E-state index is 0.212. The van der Waals surface area contributed by atoms with Crippen LogP contribution in [0.4, 0.5) is 4.79 Å². The number of benzene rings is 1. The van der Waals surface area contributed by atoms with Gasteiger partial charge in [-0.3, -0.25) is 0 Å². The van der Waals surface area contributed by atoms with Crippen molar-refractivity contribution in [3.8, 4) is 0 Å². The van der Waals surface area contributed by atoms with Crippen LogP contribution in [0, 0.1) is 5.92 Å². The third kappa shape index (κ3) is 5.66. The first-order valence-corrected chi connectivity index (χ1v) is 8.07. The predicted octanol–water partition coefficient (Wildman–Crippen LogP) is 2.01. The highest BCUT2D eigenvalue weighted by Gasteiger charge is 2.23. The Kier molecular flexibility index (Phi) is 7.19. The van der Waals surface area contributed by atoms with Crippen molar-refractivity contribution in [3.63, 3.8) is 0 Å². The van der Waals surface area contributed by atoms with Gasteiger partial charge < -0.3 is 20.1 Å². The molecule has 0 aromatic heterocycles. The van der Waals surface area contributed by atoms with Gasteiger partial charge in [0.25, 0.3) is 0 Å². The van der Waals surface area contributed by atoms with Crippen LogP contribution in [-0.2, 0) is 11.3 Å². The Morgan fingerprint density at radius 3 is 2.68 bits per heavy atom. The minimum Gasteiger partial charge on any atom is -0.445 e. The molecule has 1 heterocycles. The predicted molar refractivity (Wildman–Crippen MR) is 85.5 cm³/mol. The SMILES string of the molecule is O=C(OCc1ccccc1)N1CCC(CNCCCO)CC1. The molecule has 0 saturated carbocycles. The smallest absolute Gasteiger partial charge is 0.410 e. The van der Waals surface area contributed by atoms with Crippen molar-refractivity contribution in [2.24, 2.45) is 5.92 Å². The molecule has 22 heavy (non-hydrogen) atoms. The van der Waals surface area contributed by atoms with Crippen LogP contribution in [-0.4, -0.2) is 48.9 Å². The molecule has 1 aliphatic heterocycles. The summed E-state index contributed by atoms with van der Waals surface area (Å²) in [5.74, 6) is 0.608. The highest BCUT2D eigenvalue weighted by Crippen LogP contribution is 2.17. The van der Waals surface area contributed by atoms with E-state index >= 15 is 0 Å². The Balaban J connectivity index is 1.62. The van der Waals surface area contributed by atoms with E-state index < -0.39 is 0 Å². The number of ether oxygens (including phenoxy) is 1. The van der Waals surface area contributed by atoms with Gasteiger partial charge in [0.05, 0.1) is 0 Å². The average Bonchev–Trinajstić information content (AvgIpc) is 2.58. The monoisotopic (exact) mass is 306 g/mol. The van der Waals surface area contributed by atoms with Crippen LogP contribution in [0.2, 0.25) is 0 Å². The lowest BCUT2D eigenvalue weighted by atomic mass is 9.97. The van der Waals surface area contributed by atoms with Crippen LogP contribution in [0.1, 0.15) is 24.8 Å². The van der Waals surface area contributed by atoms with Gasteiger partial charge >= 0.3 is 6.09 Å². The van der Waals surface area contributed by atoms with Crippen LogP contribution >= 0.6 is 0 Å². The first-order chi connectivity index (χ1) is 10.8. The number of aliphatic hydroxyl groups is 1. The Labute approximate surface area is 132 Å². The molecule has 0 spiro atoms. The number of aliphatic hydroxyl groups excluding tert-OH is 1. The Bertz CT molecular complexity index is 431. The Hall–Kier alpha value is -1.59. The molecule has 0 atom stereocenters. The molecule has 2 N–H and O–H groups in total. The molecule has 0 unspecified atom stereocenters. The van der Waals surface area contributed by atoms with E-state index in [0.717, 1.165) is 51.0 Å². The fraction of sp³-hybridized carbons (Fsp3) is 0.588. The van der Waals surface area contributed by atoms with Crippen molar-refractivity contribution >= 4 is 6.09 Å². The van der Waals surface area contributed by atoms with Crippen LogP contribution in [0.15, 0.2) is 30.3 Å². The van der Waals surface area contributed by atoms with Crippen LogP contribution in [0.25, 0.3) is 0 Å². The molecule has 1 aromatic carbocycles. The quantitative estimate of drug-likeness (QED) is 0.757. The van der Waals surface area contributed by atoms with E-state index in [-0.39, 0.29) is 12.7 Å². The van der Waals surface area contributed by atoms with Crippen LogP contribution in [0.5, 0.6) is 0 Å². The molecule has 1 saturated heterocycles. The fourth-order valence-electron chi connectivity index (χ4n) is 2.64. The van der Waals surface area contributed by atoms with E-state index in [4.69, 9.17) is 9.84 Å². The van der Waals surface area contributed by atoms with E-state index in [1.807, 2.05) is 30.3 Å². The molecule has 0 aliphatic carbocycles. The summed E-state index contributed by atoms with van der Waals surface area (Å²) in [6, 6.07) is 9.75. The van der Waals surface area contributed by atoms with Gasteiger partial charge in [0.2, 0.25) is 0 Å². The molecule has 1 fully saturated rings. The lowest BCUT2D eigenvalue weighted by Crippen LogP contribution is -2.41. The summed E-state index contributed by atoms with van der Waals surface area (Å²) in [4.78, 5) is 13.8. The fourth-order valence-corrected chi connectivity index (χ4v) is 2.64. The van der Waals surface area contributed by atoms with Crippen LogP contribution < -0.4 is 5.32 Å². The average molecular weight is 306 g/mol. The van der Waals surface area contributed by atoms with Crippen molar-refractivity contribution in [1.29, 1.82) is 0 Å². The second-order valence-electron chi connectivity index (χ2n) is 5.75. The van der Waals surface area contributed by atoms with Gasteiger partial charge in [-0.15, -0.1) is 0 Å². The van der Waals surface area contributed by atoms with Gasteiger partial charge in [0.1, 0.15) is 6.61 Å². The van der Waals surface area contributed by atoms with Gasteiger partial charge in [0, 0.05) is 19.7 Å². The number of piperidine rings is 1. The molecular formula is C17H26N2O3. The minimum atomic E-state index is -0.212. The maximum absolute atomic E-state index is 12.0. The molecule has 0 radical (unpaired) electrons. The number of likely N-dealkylation sites (tertiary alicyclic amines) is 1. The first kappa shape index (κ1) is 16.8. The highest BCUT2D eigenvalue weighted by atomic mass is 16.6. The van der Waals surface area contributed by atoms with Crippen molar-refractivity contribution in [3.05, 3.63) is 35.9 Å². The highest BCUT2D eigenvalue weighted by molar-refractivity contribution is 5.67. The summed E-state index contributed by atoms with van der Waals surface area (Å²) in [5.41, 5.74) is 1.01. The maximum Gasteiger partial charge on any atom is 0.410 e. The zero-order valence-corrected chi connectivity index (χ0v) is 13.0. The molecule has 1 aromatic rings. The maximum atomic E-state index is 12.0. The van der Waals surface area contributed by atoms with Gasteiger partial charge in [-0.2, -0.15) is 0 Å². The number of rotatable bonds is 7. The number of hydrogen-bond acceptors (Lipinski definition) is 4. The van der Waals surface area contributed by atoms with Crippen molar-refractivity contribution in [2.75, 3.05) is 32.8 Å². The number of carbonyl (C=O) groups is 1. The number of nitrogens with one attached hydrogen (secondary N) is 1. The van der Waals surface area contributed by atoms with Gasteiger partial charge in [-0.05, 0) is 43.8 Å². The molecular weight excluding hydrogens is 280 g/mol. The largest absolute Gasteiger partial charge is 0.445 e. The second kappa shape index (κ2) is 9.43. The van der Waals surface area contributed by atoms with Gasteiger partial charge in [-0.1, -0.05) is 30.3 Å². The van der Waals surface area contributed by atoms with E-state index in [1.165, 1.54) is 0 Å². The number of nitrogens with zero attached hydrogens (tertiary/aromatic N) is 1. The number of carbonyl (C=O) groups excluding carboxylic acids is 1. The van der Waals surface area contributed by atoms with E-state index in [2.05, 4.69) is 5.32 Å². The van der Waals surface area contributed by atoms with Crippen molar-refractivity contribution in [2.45, 2.75) is 25.9 Å². The number of amides is 1. The summed E-state index contributed by atoms with van der Waals surface area (Å²) >= 11 is 0. The summed E-state index contributed by atoms with van der Waals surface area (Å²) in [5, 5.41) is 12.1. The molecule has 0 bridgehead atoms. The summed E-state index contributed by atoms with van der Waals surface area (Å²) in [7, 11) is 0. The molecule has 2 rings (SSSR count). The van der Waals surface area contributed by atoms with Crippen LogP contribution in [0.3, 0.4) is 0 Å². The summed E-state index contributed by atoms with van der Waals surface area (Å²) in [6.07, 6.45) is 2.60. The third-order valence-corrected chi connectivity index (χ3v) is 4.02. The summed E-state index contributed by atoms with van der Waals surface area (Å²) in [6.45, 7) is 3.92. The lowest BCUT2D eigenvalue weighted by Gasteiger charge is -2.31. The topological polar surface area (TPSA) is 61.8 Å². The summed E-state index contributed by atoms with van der Waals surface area (Å²) < 4.78 is 5.36. The molecule has 5 heteroatoms. The number of hydrogen-bond donors (Lipinski definition) is 2. The molecule has 1 amide bonds. The third-order valence-electron chi connectivity index (χ3n) is 4.02. The first-order valence-electron chi connectivity index (χ1n) is 8.07. The van der Waals surface area contributed by atoms with Crippen molar-refractivity contribution in [1.82, 2.24) is 10.2 Å². The Morgan fingerprint density at radius 1 is 1.27 bits per heavy atom. The molecule has 122 valence electrons. The van der Waals surface area contributed by atoms with E-state index in [9.17, 15) is 4.79 Å². The zero-order chi connectivity index (χ0) is 15.6. The van der Waals surface area contributed by atoms with Gasteiger partial charge in [0.15, 0.2) is 0 Å². The Morgan fingerprint density at radius 2 is 2.00 bits per heavy atom. The van der Waals surface area contributed by atoms with E-state index in [1.54, 1.807) is 4.90 Å². The second-order valence-corrected chi connectivity index (χ2v) is 5.75. The standard InChI is InChI=1S/C17H26N2O3/c20-12-4-9-18-13-15-7-10-19(11-8-15)17(21)22-14-16-5-2-1-3-6-16/h1-3,5-6,15,18,20H,4,7-14H2. The molecule has 1 aliphatic rings. The molecule has 5 nitrogen and oxygen atoms in total. The van der Waals surface area contributed by atoms with Gasteiger partial charge in [-0.25, -0.2) is 4.79 Å². The zero-order valence-electron chi connectivity index (χ0n) is 13.0. The lowest BCUT2D eigenvalue weighted by molar-refractivity contribution is 0.0822.